The van der Waals surface area contributed by atoms with E-state index in [2.05, 4.69) is 10.6 Å². The van der Waals surface area contributed by atoms with Crippen molar-refractivity contribution in [3.63, 3.8) is 0 Å². The molecule has 1 aromatic heterocycles. The molecule has 0 spiro atoms. The van der Waals surface area contributed by atoms with Gasteiger partial charge in [-0.25, -0.2) is 0 Å². The van der Waals surface area contributed by atoms with E-state index in [9.17, 15) is 19.2 Å². The molecule has 2 rings (SSSR count). The summed E-state index contributed by atoms with van der Waals surface area (Å²) >= 11 is 0. The molecule has 148 valence electrons. The van der Waals surface area contributed by atoms with Crippen LogP contribution in [0.15, 0.2) is 23.1 Å². The third-order valence-corrected chi connectivity index (χ3v) is 4.50. The summed E-state index contributed by atoms with van der Waals surface area (Å²) in [7, 11) is 1.61. The minimum Gasteiger partial charge on any atom is -0.348 e. The Hall–Kier alpha value is -2.64. The van der Waals surface area contributed by atoms with Crippen LogP contribution in [0, 0.1) is 5.92 Å². The summed E-state index contributed by atoms with van der Waals surface area (Å²) in [6.07, 6.45) is 3.03. The maximum atomic E-state index is 12.6. The van der Waals surface area contributed by atoms with Crippen molar-refractivity contribution in [3.05, 3.63) is 34.2 Å². The predicted octanol–water partition coefficient (Wildman–Crippen LogP) is 0.268. The lowest BCUT2D eigenvalue weighted by molar-refractivity contribution is -0.140. The van der Waals surface area contributed by atoms with Crippen LogP contribution in [0.1, 0.15) is 44.0 Å². The van der Waals surface area contributed by atoms with Crippen LogP contribution >= 0.6 is 0 Å². The maximum Gasteiger partial charge on any atom is 0.309 e. The molecule has 0 aromatic carbocycles. The molecule has 0 unspecified atom stereocenters. The summed E-state index contributed by atoms with van der Waals surface area (Å²) in [6, 6.07) is 3.23. The fourth-order valence-corrected chi connectivity index (χ4v) is 2.99. The highest BCUT2D eigenvalue weighted by atomic mass is 16.2. The largest absolute Gasteiger partial charge is 0.348 e. The van der Waals surface area contributed by atoms with E-state index in [4.69, 9.17) is 0 Å². The van der Waals surface area contributed by atoms with Crippen molar-refractivity contribution < 1.29 is 14.4 Å². The Morgan fingerprint density at radius 1 is 1.15 bits per heavy atom. The van der Waals surface area contributed by atoms with Crippen LogP contribution in [0.3, 0.4) is 0 Å². The average Bonchev–Trinajstić information content (AvgIpc) is 2.60. The summed E-state index contributed by atoms with van der Waals surface area (Å²) in [5, 5.41) is 5.28. The summed E-state index contributed by atoms with van der Waals surface area (Å²) in [5.74, 6) is -1.35. The summed E-state index contributed by atoms with van der Waals surface area (Å²) in [5.41, 5.74) is -0.596. The predicted molar refractivity (Wildman–Crippen MR) is 101 cm³/mol. The second kappa shape index (κ2) is 8.37. The highest BCUT2D eigenvalue weighted by Crippen LogP contribution is 2.17. The first-order valence-electron chi connectivity index (χ1n) is 9.14. The Labute approximate surface area is 158 Å². The topological polar surface area (TPSA) is 101 Å². The molecular formula is C19H28N4O4. The first-order valence-corrected chi connectivity index (χ1v) is 9.14. The van der Waals surface area contributed by atoms with Gasteiger partial charge in [0, 0.05) is 38.4 Å². The van der Waals surface area contributed by atoms with Crippen molar-refractivity contribution in [2.75, 3.05) is 19.6 Å². The molecule has 0 saturated carbocycles. The highest BCUT2D eigenvalue weighted by molar-refractivity contribution is 6.35. The molecule has 27 heavy (non-hydrogen) atoms. The van der Waals surface area contributed by atoms with E-state index in [1.807, 2.05) is 20.8 Å². The third-order valence-electron chi connectivity index (χ3n) is 4.50. The molecule has 0 bridgehead atoms. The van der Waals surface area contributed by atoms with Gasteiger partial charge in [0.2, 0.25) is 0 Å². The zero-order valence-electron chi connectivity index (χ0n) is 16.4. The zero-order valence-corrected chi connectivity index (χ0v) is 16.4. The van der Waals surface area contributed by atoms with Gasteiger partial charge in [0.25, 0.3) is 11.5 Å². The third kappa shape index (κ3) is 5.67. The number of hydrogen-bond donors (Lipinski definition) is 2. The van der Waals surface area contributed by atoms with Crippen molar-refractivity contribution in [3.8, 4) is 0 Å². The number of likely N-dealkylation sites (tertiary alicyclic amines) is 1. The maximum absolute atomic E-state index is 12.6. The first-order chi connectivity index (χ1) is 12.6. The number of aryl methyl sites for hydroxylation is 1. The molecule has 2 heterocycles. The molecule has 0 radical (unpaired) electrons. The molecule has 1 saturated heterocycles. The summed E-state index contributed by atoms with van der Waals surface area (Å²) in [6.45, 7) is 6.86. The number of carbonyl (C=O) groups excluding carboxylic acids is 3. The SMILES string of the molecule is Cn1cccc(C(=O)N2CCC(CNC(=O)C(=O)NC(C)(C)C)CC2)c1=O. The highest BCUT2D eigenvalue weighted by Gasteiger charge is 2.26. The van der Waals surface area contributed by atoms with Crippen molar-refractivity contribution in [1.82, 2.24) is 20.1 Å². The Balaban J connectivity index is 1.82. The molecule has 8 heteroatoms. The van der Waals surface area contributed by atoms with Crippen molar-refractivity contribution in [2.24, 2.45) is 13.0 Å². The summed E-state index contributed by atoms with van der Waals surface area (Å²) in [4.78, 5) is 50.0. The molecule has 1 aromatic rings. The molecule has 1 aliphatic heterocycles. The lowest BCUT2D eigenvalue weighted by Crippen LogP contribution is -2.49. The second-order valence-electron chi connectivity index (χ2n) is 7.99. The zero-order chi connectivity index (χ0) is 20.2. The Kier molecular flexibility index (Phi) is 6.41. The van der Waals surface area contributed by atoms with Gasteiger partial charge >= 0.3 is 11.8 Å². The van der Waals surface area contributed by atoms with Gasteiger partial charge in [0.15, 0.2) is 0 Å². The quantitative estimate of drug-likeness (QED) is 0.740. The fourth-order valence-electron chi connectivity index (χ4n) is 2.99. The lowest BCUT2D eigenvalue weighted by Gasteiger charge is -2.32. The van der Waals surface area contributed by atoms with E-state index in [-0.39, 0.29) is 22.9 Å². The average molecular weight is 376 g/mol. The van der Waals surface area contributed by atoms with Gasteiger partial charge in [0.05, 0.1) is 0 Å². The minimum atomic E-state index is -0.643. The minimum absolute atomic E-state index is 0.172. The standard InChI is InChI=1S/C19H28N4O4/c1-19(2,3)21-16(25)15(24)20-12-13-7-10-23(11-8-13)18(27)14-6-5-9-22(4)17(14)26/h5-6,9,13H,7-8,10-12H2,1-4H3,(H,20,24)(H,21,25). The molecule has 1 aliphatic rings. The number of piperidine rings is 1. The van der Waals surface area contributed by atoms with Crippen LogP contribution in [0.4, 0.5) is 0 Å². The molecule has 0 aliphatic carbocycles. The van der Waals surface area contributed by atoms with Gasteiger partial charge in [-0.05, 0) is 51.7 Å². The van der Waals surface area contributed by atoms with Crippen LogP contribution in [0.2, 0.25) is 0 Å². The number of nitrogens with one attached hydrogen (secondary N) is 2. The van der Waals surface area contributed by atoms with Crippen LogP contribution < -0.4 is 16.2 Å². The molecule has 2 N–H and O–H groups in total. The fraction of sp³-hybridized carbons (Fsp3) is 0.579. The normalized spacial score (nSPS) is 15.3. The van der Waals surface area contributed by atoms with Gasteiger partial charge < -0.3 is 20.1 Å². The molecule has 8 nitrogen and oxygen atoms in total. The Bertz CT molecular complexity index is 771. The van der Waals surface area contributed by atoms with Crippen LogP contribution in [0.25, 0.3) is 0 Å². The van der Waals surface area contributed by atoms with Gasteiger partial charge in [-0.15, -0.1) is 0 Å². The van der Waals surface area contributed by atoms with Crippen LogP contribution in [0.5, 0.6) is 0 Å². The number of rotatable bonds is 3. The van der Waals surface area contributed by atoms with E-state index < -0.39 is 17.4 Å². The van der Waals surface area contributed by atoms with E-state index in [0.717, 1.165) is 0 Å². The Morgan fingerprint density at radius 2 is 1.78 bits per heavy atom. The number of pyridine rings is 1. The van der Waals surface area contributed by atoms with Gasteiger partial charge in [-0.2, -0.15) is 0 Å². The molecule has 0 atom stereocenters. The van der Waals surface area contributed by atoms with E-state index >= 15 is 0 Å². The summed E-state index contributed by atoms with van der Waals surface area (Å²) < 4.78 is 1.39. The van der Waals surface area contributed by atoms with E-state index in [0.29, 0.717) is 32.5 Å². The number of carbonyl (C=O) groups is 3. The molecular weight excluding hydrogens is 348 g/mol. The van der Waals surface area contributed by atoms with Gasteiger partial charge in [0.1, 0.15) is 5.56 Å². The Morgan fingerprint density at radius 3 is 2.37 bits per heavy atom. The molecule has 3 amide bonds. The number of aromatic nitrogens is 1. The second-order valence-corrected chi connectivity index (χ2v) is 7.99. The van der Waals surface area contributed by atoms with E-state index in [1.54, 1.807) is 30.3 Å². The number of nitrogens with zero attached hydrogens (tertiary/aromatic N) is 2. The van der Waals surface area contributed by atoms with Crippen molar-refractivity contribution in [2.45, 2.75) is 39.2 Å². The van der Waals surface area contributed by atoms with Crippen molar-refractivity contribution >= 4 is 17.7 Å². The first kappa shape index (κ1) is 20.7. The number of hydrogen-bond acceptors (Lipinski definition) is 4. The smallest absolute Gasteiger partial charge is 0.309 e. The van der Waals surface area contributed by atoms with Crippen LogP contribution in [-0.4, -0.2) is 52.4 Å². The molecule has 1 fully saturated rings. The monoisotopic (exact) mass is 376 g/mol. The van der Waals surface area contributed by atoms with Crippen LogP contribution in [-0.2, 0) is 16.6 Å². The number of amides is 3. The van der Waals surface area contributed by atoms with Crippen molar-refractivity contribution in [1.29, 1.82) is 0 Å². The van der Waals surface area contributed by atoms with Gasteiger partial charge in [-0.1, -0.05) is 0 Å². The lowest BCUT2D eigenvalue weighted by atomic mass is 9.96. The van der Waals surface area contributed by atoms with E-state index in [1.165, 1.54) is 4.57 Å². The van der Waals surface area contributed by atoms with Gasteiger partial charge in [-0.3, -0.25) is 19.2 Å².